The van der Waals surface area contributed by atoms with Gasteiger partial charge < -0.3 is 10.3 Å². The summed E-state index contributed by atoms with van der Waals surface area (Å²) in [5, 5.41) is 0. The molecule has 102 valence electrons. The minimum Gasteiger partial charge on any atom is -0.328 e. The van der Waals surface area contributed by atoms with Crippen molar-refractivity contribution < 1.29 is 0 Å². The van der Waals surface area contributed by atoms with Gasteiger partial charge in [0, 0.05) is 19.0 Å². The van der Waals surface area contributed by atoms with Gasteiger partial charge in [0.2, 0.25) is 0 Å². The molecule has 0 aliphatic rings. The Kier molecular flexibility index (Phi) is 3.52. The maximum Gasteiger partial charge on any atom is 0.111 e. The van der Waals surface area contributed by atoms with E-state index < -0.39 is 0 Å². The molecule has 1 unspecified atom stereocenters. The Morgan fingerprint density at radius 2 is 1.75 bits per heavy atom. The zero-order valence-corrected chi connectivity index (χ0v) is 11.7. The molecule has 2 N–H and O–H groups in total. The number of para-hydroxylation sites is 2. The Hall–Kier alpha value is -2.13. The lowest BCUT2D eigenvalue weighted by Gasteiger charge is -2.11. The summed E-state index contributed by atoms with van der Waals surface area (Å²) in [5.74, 6) is 1.06. The van der Waals surface area contributed by atoms with E-state index in [2.05, 4.69) is 47.0 Å². The van der Waals surface area contributed by atoms with Crippen molar-refractivity contribution in [3.63, 3.8) is 0 Å². The van der Waals surface area contributed by atoms with Crippen LogP contribution in [0.5, 0.6) is 0 Å². The molecule has 0 spiro atoms. The molecule has 3 aromatic rings. The summed E-state index contributed by atoms with van der Waals surface area (Å²) in [4.78, 5) is 4.73. The SMILES string of the molecule is CC(N)Cc1nc2ccccc2n1Cc1ccccc1. The minimum absolute atomic E-state index is 0.112. The molecule has 0 aliphatic heterocycles. The van der Waals surface area contributed by atoms with Crippen molar-refractivity contribution in [2.24, 2.45) is 5.73 Å². The zero-order chi connectivity index (χ0) is 13.9. The molecule has 0 saturated heterocycles. The van der Waals surface area contributed by atoms with E-state index in [0.29, 0.717) is 0 Å². The number of aromatic nitrogens is 2. The highest BCUT2D eigenvalue weighted by molar-refractivity contribution is 5.76. The van der Waals surface area contributed by atoms with Crippen LogP contribution >= 0.6 is 0 Å². The van der Waals surface area contributed by atoms with Crippen molar-refractivity contribution in [3.05, 3.63) is 66.0 Å². The Labute approximate surface area is 119 Å². The average molecular weight is 265 g/mol. The van der Waals surface area contributed by atoms with E-state index in [1.165, 1.54) is 11.1 Å². The van der Waals surface area contributed by atoms with E-state index >= 15 is 0 Å². The van der Waals surface area contributed by atoms with Gasteiger partial charge in [0.25, 0.3) is 0 Å². The van der Waals surface area contributed by atoms with E-state index in [4.69, 9.17) is 10.7 Å². The minimum atomic E-state index is 0.112. The van der Waals surface area contributed by atoms with Crippen LogP contribution in [0.25, 0.3) is 11.0 Å². The largest absolute Gasteiger partial charge is 0.328 e. The zero-order valence-electron chi connectivity index (χ0n) is 11.7. The molecule has 0 radical (unpaired) electrons. The van der Waals surface area contributed by atoms with Gasteiger partial charge in [-0.3, -0.25) is 0 Å². The normalized spacial score (nSPS) is 12.7. The quantitative estimate of drug-likeness (QED) is 0.788. The van der Waals surface area contributed by atoms with Crippen molar-refractivity contribution in [1.82, 2.24) is 9.55 Å². The first-order chi connectivity index (χ1) is 9.74. The predicted octanol–water partition coefficient (Wildman–Crippen LogP) is 2.97. The Balaban J connectivity index is 2.06. The highest BCUT2D eigenvalue weighted by Crippen LogP contribution is 2.18. The van der Waals surface area contributed by atoms with Crippen LogP contribution in [0.15, 0.2) is 54.6 Å². The molecule has 3 heteroatoms. The summed E-state index contributed by atoms with van der Waals surface area (Å²) in [6.07, 6.45) is 0.793. The van der Waals surface area contributed by atoms with Crippen molar-refractivity contribution in [2.45, 2.75) is 25.9 Å². The molecule has 1 heterocycles. The number of fused-ring (bicyclic) bond motifs is 1. The fourth-order valence-corrected chi connectivity index (χ4v) is 2.51. The lowest BCUT2D eigenvalue weighted by Crippen LogP contribution is -2.20. The fraction of sp³-hybridized carbons (Fsp3) is 0.235. The highest BCUT2D eigenvalue weighted by Gasteiger charge is 2.12. The smallest absolute Gasteiger partial charge is 0.111 e. The molecule has 1 aromatic heterocycles. The van der Waals surface area contributed by atoms with Crippen LogP contribution in [-0.2, 0) is 13.0 Å². The number of rotatable bonds is 4. The summed E-state index contributed by atoms with van der Waals surface area (Å²) in [5.41, 5.74) is 9.45. The van der Waals surface area contributed by atoms with E-state index in [9.17, 15) is 0 Å². The summed E-state index contributed by atoms with van der Waals surface area (Å²) < 4.78 is 2.27. The second kappa shape index (κ2) is 5.47. The van der Waals surface area contributed by atoms with E-state index in [1.54, 1.807) is 0 Å². The van der Waals surface area contributed by atoms with Crippen LogP contribution < -0.4 is 5.73 Å². The Morgan fingerprint density at radius 3 is 2.50 bits per heavy atom. The van der Waals surface area contributed by atoms with Crippen molar-refractivity contribution in [3.8, 4) is 0 Å². The summed E-state index contributed by atoms with van der Waals surface area (Å²) in [6.45, 7) is 2.86. The van der Waals surface area contributed by atoms with Crippen LogP contribution in [0.3, 0.4) is 0 Å². The van der Waals surface area contributed by atoms with Gasteiger partial charge in [-0.1, -0.05) is 42.5 Å². The average Bonchev–Trinajstić information content (AvgIpc) is 2.77. The molecule has 20 heavy (non-hydrogen) atoms. The van der Waals surface area contributed by atoms with Crippen molar-refractivity contribution in [2.75, 3.05) is 0 Å². The van der Waals surface area contributed by atoms with Crippen LogP contribution in [0.2, 0.25) is 0 Å². The summed E-state index contributed by atoms with van der Waals surface area (Å²) >= 11 is 0. The molecular formula is C17H19N3. The lowest BCUT2D eigenvalue weighted by molar-refractivity contribution is 0.657. The first kappa shape index (κ1) is 12.9. The van der Waals surface area contributed by atoms with Crippen molar-refractivity contribution in [1.29, 1.82) is 0 Å². The molecule has 0 saturated carbocycles. The number of hydrogen-bond acceptors (Lipinski definition) is 2. The second-order valence-corrected chi connectivity index (χ2v) is 5.27. The maximum atomic E-state index is 5.96. The number of nitrogens with zero attached hydrogens (tertiary/aromatic N) is 2. The van der Waals surface area contributed by atoms with Gasteiger partial charge in [0.15, 0.2) is 0 Å². The fourth-order valence-electron chi connectivity index (χ4n) is 2.51. The third kappa shape index (κ3) is 2.58. The third-order valence-electron chi connectivity index (χ3n) is 3.42. The number of benzene rings is 2. The molecule has 3 nitrogen and oxygen atoms in total. The van der Waals surface area contributed by atoms with Gasteiger partial charge in [-0.2, -0.15) is 0 Å². The third-order valence-corrected chi connectivity index (χ3v) is 3.42. The Morgan fingerprint density at radius 1 is 1.05 bits per heavy atom. The van der Waals surface area contributed by atoms with Gasteiger partial charge in [0.05, 0.1) is 11.0 Å². The van der Waals surface area contributed by atoms with Gasteiger partial charge in [0.1, 0.15) is 5.82 Å². The molecular weight excluding hydrogens is 246 g/mol. The molecule has 0 aliphatic carbocycles. The van der Waals surface area contributed by atoms with Gasteiger partial charge in [-0.05, 0) is 24.6 Å². The van der Waals surface area contributed by atoms with Gasteiger partial charge >= 0.3 is 0 Å². The van der Waals surface area contributed by atoms with Crippen LogP contribution in [-0.4, -0.2) is 15.6 Å². The standard InChI is InChI=1S/C17H19N3/c1-13(18)11-17-19-15-9-5-6-10-16(15)20(17)12-14-7-3-2-4-8-14/h2-10,13H,11-12,18H2,1H3. The Bertz CT molecular complexity index is 699. The topological polar surface area (TPSA) is 43.8 Å². The van der Waals surface area contributed by atoms with Crippen LogP contribution in [0, 0.1) is 0 Å². The molecule has 0 fully saturated rings. The monoisotopic (exact) mass is 265 g/mol. The predicted molar refractivity (Wildman–Crippen MR) is 82.6 cm³/mol. The van der Waals surface area contributed by atoms with Crippen LogP contribution in [0.4, 0.5) is 0 Å². The summed E-state index contributed by atoms with van der Waals surface area (Å²) in [7, 11) is 0. The van der Waals surface area contributed by atoms with E-state index in [0.717, 1.165) is 24.3 Å². The molecule has 1 atom stereocenters. The number of hydrogen-bond donors (Lipinski definition) is 1. The van der Waals surface area contributed by atoms with Crippen LogP contribution in [0.1, 0.15) is 18.3 Å². The first-order valence-electron chi connectivity index (χ1n) is 6.97. The van der Waals surface area contributed by atoms with Gasteiger partial charge in [-0.25, -0.2) is 4.98 Å². The first-order valence-corrected chi connectivity index (χ1v) is 6.97. The maximum absolute atomic E-state index is 5.96. The van der Waals surface area contributed by atoms with E-state index in [1.807, 2.05) is 19.1 Å². The van der Waals surface area contributed by atoms with Crippen molar-refractivity contribution >= 4 is 11.0 Å². The summed E-state index contributed by atoms with van der Waals surface area (Å²) in [6, 6.07) is 18.8. The molecule has 0 amide bonds. The number of nitrogens with two attached hydrogens (primary N) is 1. The lowest BCUT2D eigenvalue weighted by atomic mass is 10.2. The molecule has 2 aromatic carbocycles. The highest BCUT2D eigenvalue weighted by atomic mass is 15.1. The molecule has 3 rings (SSSR count). The number of imidazole rings is 1. The molecule has 0 bridgehead atoms. The second-order valence-electron chi connectivity index (χ2n) is 5.27. The van der Waals surface area contributed by atoms with Gasteiger partial charge in [-0.15, -0.1) is 0 Å². The van der Waals surface area contributed by atoms with E-state index in [-0.39, 0.29) is 6.04 Å².